The number of benzene rings is 1. The molecule has 0 spiro atoms. The molecule has 0 aliphatic rings. The number of rotatable bonds is 2. The molecule has 7 heteroatoms. The van der Waals surface area contributed by atoms with Gasteiger partial charge in [-0.15, -0.1) is 0 Å². The van der Waals surface area contributed by atoms with E-state index in [1.54, 1.807) is 6.07 Å². The van der Waals surface area contributed by atoms with Crippen LogP contribution in [0.1, 0.15) is 16.7 Å². The Morgan fingerprint density at radius 1 is 1.47 bits per heavy atom. The van der Waals surface area contributed by atoms with Crippen molar-refractivity contribution in [1.82, 2.24) is 0 Å². The number of nitrogens with zero attached hydrogens (tertiary/aromatic N) is 1. The first kappa shape index (κ1) is 13.3. The SMILES string of the molecule is N#Cc1ccc(C(F)(F)F)c(Cl)c1CC(=O)O. The van der Waals surface area contributed by atoms with Gasteiger partial charge in [0.1, 0.15) is 0 Å². The van der Waals surface area contributed by atoms with Gasteiger partial charge in [-0.05, 0) is 12.1 Å². The van der Waals surface area contributed by atoms with Crippen molar-refractivity contribution in [2.75, 3.05) is 0 Å². The molecule has 0 amide bonds. The van der Waals surface area contributed by atoms with Crippen LogP contribution >= 0.6 is 11.6 Å². The van der Waals surface area contributed by atoms with Crippen LogP contribution in [0.4, 0.5) is 13.2 Å². The van der Waals surface area contributed by atoms with Crippen molar-refractivity contribution >= 4 is 17.6 Å². The van der Waals surface area contributed by atoms with Gasteiger partial charge in [-0.1, -0.05) is 11.6 Å². The van der Waals surface area contributed by atoms with Crippen molar-refractivity contribution in [2.24, 2.45) is 0 Å². The van der Waals surface area contributed by atoms with E-state index in [4.69, 9.17) is 22.0 Å². The third kappa shape index (κ3) is 2.88. The lowest BCUT2D eigenvalue weighted by Gasteiger charge is -2.12. The van der Waals surface area contributed by atoms with E-state index < -0.39 is 29.2 Å². The number of alkyl halides is 3. The quantitative estimate of drug-likeness (QED) is 0.892. The van der Waals surface area contributed by atoms with Crippen LogP contribution in [-0.2, 0) is 17.4 Å². The average molecular weight is 264 g/mol. The number of hydrogen-bond acceptors (Lipinski definition) is 2. The summed E-state index contributed by atoms with van der Waals surface area (Å²) in [7, 11) is 0. The monoisotopic (exact) mass is 263 g/mol. The zero-order valence-electron chi connectivity index (χ0n) is 8.18. The fraction of sp³-hybridized carbons (Fsp3) is 0.200. The topological polar surface area (TPSA) is 61.1 Å². The van der Waals surface area contributed by atoms with Gasteiger partial charge in [0.05, 0.1) is 28.6 Å². The molecule has 0 saturated heterocycles. The van der Waals surface area contributed by atoms with E-state index in [1.165, 1.54) is 0 Å². The second kappa shape index (κ2) is 4.63. The Bertz CT molecular complexity index is 505. The summed E-state index contributed by atoms with van der Waals surface area (Å²) >= 11 is 5.49. The van der Waals surface area contributed by atoms with Gasteiger partial charge in [0.2, 0.25) is 0 Å². The van der Waals surface area contributed by atoms with Crippen molar-refractivity contribution in [3.05, 3.63) is 33.8 Å². The molecule has 1 N–H and O–H groups in total. The highest BCUT2D eigenvalue weighted by Gasteiger charge is 2.34. The molecule has 3 nitrogen and oxygen atoms in total. The van der Waals surface area contributed by atoms with Crippen LogP contribution in [0.5, 0.6) is 0 Å². The van der Waals surface area contributed by atoms with Gasteiger partial charge in [-0.3, -0.25) is 4.79 Å². The van der Waals surface area contributed by atoms with Crippen molar-refractivity contribution in [2.45, 2.75) is 12.6 Å². The zero-order chi connectivity index (χ0) is 13.2. The van der Waals surface area contributed by atoms with Crippen molar-refractivity contribution in [3.8, 4) is 6.07 Å². The molecule has 0 fully saturated rings. The number of nitriles is 1. The molecule has 1 aromatic rings. The highest BCUT2D eigenvalue weighted by Crippen LogP contribution is 2.37. The van der Waals surface area contributed by atoms with E-state index in [9.17, 15) is 18.0 Å². The fourth-order valence-corrected chi connectivity index (χ4v) is 1.61. The van der Waals surface area contributed by atoms with Gasteiger partial charge in [0, 0.05) is 5.56 Å². The zero-order valence-corrected chi connectivity index (χ0v) is 8.93. The first-order valence-electron chi connectivity index (χ1n) is 4.28. The standard InChI is InChI=1S/C10H5ClF3NO2/c11-9-6(3-8(16)17)5(4-15)1-2-7(9)10(12,13)14/h1-2H,3H2,(H,16,17). The molecule has 0 aliphatic carbocycles. The van der Waals surface area contributed by atoms with Crippen LogP contribution in [0.25, 0.3) is 0 Å². The van der Waals surface area contributed by atoms with Gasteiger partial charge >= 0.3 is 12.1 Å². The summed E-state index contributed by atoms with van der Waals surface area (Å²) in [5.41, 5.74) is -1.64. The summed E-state index contributed by atoms with van der Waals surface area (Å²) in [6, 6.07) is 3.17. The lowest BCUT2D eigenvalue weighted by atomic mass is 10.0. The maximum absolute atomic E-state index is 12.5. The molecule has 0 bridgehead atoms. The van der Waals surface area contributed by atoms with Crippen LogP contribution in [0.15, 0.2) is 12.1 Å². The molecule has 0 unspecified atom stereocenters. The summed E-state index contributed by atoms with van der Waals surface area (Å²) in [5.74, 6) is -1.36. The molecule has 1 rings (SSSR count). The summed E-state index contributed by atoms with van der Waals surface area (Å²) in [5, 5.41) is 16.5. The second-order valence-electron chi connectivity index (χ2n) is 3.13. The van der Waals surface area contributed by atoms with Gasteiger partial charge in [0.25, 0.3) is 0 Å². The Hall–Kier alpha value is -1.74. The van der Waals surface area contributed by atoms with E-state index in [0.29, 0.717) is 6.07 Å². The molecule has 1 aromatic carbocycles. The fourth-order valence-electron chi connectivity index (χ4n) is 1.27. The smallest absolute Gasteiger partial charge is 0.417 e. The molecule has 0 aromatic heterocycles. The Morgan fingerprint density at radius 2 is 2.06 bits per heavy atom. The Kier molecular flexibility index (Phi) is 3.63. The molecule has 90 valence electrons. The molecule has 0 aliphatic heterocycles. The largest absolute Gasteiger partial charge is 0.481 e. The van der Waals surface area contributed by atoms with E-state index in [-0.39, 0.29) is 11.1 Å². The lowest BCUT2D eigenvalue weighted by Crippen LogP contribution is -2.10. The highest BCUT2D eigenvalue weighted by molar-refractivity contribution is 6.32. The van der Waals surface area contributed by atoms with Crippen molar-refractivity contribution in [1.29, 1.82) is 5.26 Å². The van der Waals surface area contributed by atoms with E-state index in [1.807, 2.05) is 0 Å². The molecule has 0 atom stereocenters. The Balaban J connectivity index is 3.44. The minimum atomic E-state index is -4.68. The van der Waals surface area contributed by atoms with Crippen molar-refractivity contribution in [3.63, 3.8) is 0 Å². The maximum atomic E-state index is 12.5. The third-order valence-electron chi connectivity index (χ3n) is 2.00. The van der Waals surface area contributed by atoms with E-state index in [0.717, 1.165) is 6.07 Å². The number of carboxylic acids is 1. The minimum Gasteiger partial charge on any atom is -0.481 e. The molecular weight excluding hydrogens is 259 g/mol. The summed E-state index contributed by atoms with van der Waals surface area (Å²) in [6.45, 7) is 0. The molecule has 0 heterocycles. The molecule has 0 radical (unpaired) electrons. The Labute approximate surface area is 99.0 Å². The van der Waals surface area contributed by atoms with Crippen LogP contribution in [0, 0.1) is 11.3 Å². The van der Waals surface area contributed by atoms with E-state index in [2.05, 4.69) is 0 Å². The lowest BCUT2D eigenvalue weighted by molar-refractivity contribution is -0.138. The van der Waals surface area contributed by atoms with Gasteiger partial charge in [-0.25, -0.2) is 0 Å². The summed E-state index contributed by atoms with van der Waals surface area (Å²) < 4.78 is 37.5. The van der Waals surface area contributed by atoms with Crippen LogP contribution < -0.4 is 0 Å². The van der Waals surface area contributed by atoms with Crippen LogP contribution in [0.2, 0.25) is 5.02 Å². The van der Waals surface area contributed by atoms with Crippen LogP contribution in [0.3, 0.4) is 0 Å². The number of carbonyl (C=O) groups is 1. The van der Waals surface area contributed by atoms with E-state index >= 15 is 0 Å². The first-order valence-corrected chi connectivity index (χ1v) is 4.65. The summed E-state index contributed by atoms with van der Waals surface area (Å²) in [4.78, 5) is 10.5. The first-order chi connectivity index (χ1) is 7.77. The predicted molar refractivity (Wildman–Crippen MR) is 52.5 cm³/mol. The molecule has 0 saturated carbocycles. The molecular formula is C10H5ClF3NO2. The summed E-state index contributed by atoms with van der Waals surface area (Å²) in [6.07, 6.45) is -5.41. The van der Waals surface area contributed by atoms with Crippen LogP contribution in [-0.4, -0.2) is 11.1 Å². The van der Waals surface area contributed by atoms with Gasteiger partial charge in [-0.2, -0.15) is 18.4 Å². The number of hydrogen-bond donors (Lipinski definition) is 1. The van der Waals surface area contributed by atoms with Crippen molar-refractivity contribution < 1.29 is 23.1 Å². The minimum absolute atomic E-state index is 0.176. The number of halogens is 4. The highest BCUT2D eigenvalue weighted by atomic mass is 35.5. The Morgan fingerprint density at radius 3 is 2.47 bits per heavy atom. The second-order valence-corrected chi connectivity index (χ2v) is 3.51. The van der Waals surface area contributed by atoms with Gasteiger partial charge < -0.3 is 5.11 Å². The third-order valence-corrected chi connectivity index (χ3v) is 2.43. The average Bonchev–Trinajstić information content (AvgIpc) is 2.18. The predicted octanol–water partition coefficient (Wildman–Crippen LogP) is 2.86. The number of carboxylic acid groups (broad SMARTS) is 1. The maximum Gasteiger partial charge on any atom is 0.417 e. The normalized spacial score (nSPS) is 11.0. The van der Waals surface area contributed by atoms with Gasteiger partial charge in [0.15, 0.2) is 0 Å². The molecule has 17 heavy (non-hydrogen) atoms. The number of aliphatic carboxylic acids is 1.